The van der Waals surface area contributed by atoms with Crippen LogP contribution in [0.15, 0.2) is 41.3 Å². The van der Waals surface area contributed by atoms with Gasteiger partial charge in [0.05, 0.1) is 5.69 Å². The highest BCUT2D eigenvalue weighted by atomic mass is 16.2. The molecular formula is C21H29N7O2. The second-order valence-electron chi connectivity index (χ2n) is 7.90. The summed E-state index contributed by atoms with van der Waals surface area (Å²) < 4.78 is 1.50. The molecule has 0 spiro atoms. The normalized spacial score (nSPS) is 19.8. The third kappa shape index (κ3) is 5.05. The van der Waals surface area contributed by atoms with E-state index in [4.69, 9.17) is 5.73 Å². The fourth-order valence-electron chi connectivity index (χ4n) is 3.94. The number of rotatable bonds is 5. The van der Waals surface area contributed by atoms with Crippen molar-refractivity contribution in [3.8, 4) is 5.69 Å². The van der Waals surface area contributed by atoms with Gasteiger partial charge >= 0.3 is 11.7 Å². The fraction of sp³-hybridized carbons (Fsp3) is 0.476. The summed E-state index contributed by atoms with van der Waals surface area (Å²) in [7, 11) is 0. The Bertz CT molecular complexity index is 939. The standard InChI is InChI=1S/C21H29N7O2/c22-17-5-10-26(15-17)9-4-16-2-1-3-18(14-16)28-11-6-19(25-21(28)30)24-20(29)27-12-7-23-8-13-27/h1-3,6,11,14,17,23H,4-5,7-10,12-13,15,22H2,(H,24,25,29,30). The van der Waals surface area contributed by atoms with Crippen molar-refractivity contribution in [2.24, 2.45) is 5.73 Å². The number of anilines is 1. The quantitative estimate of drug-likeness (QED) is 0.651. The molecule has 3 heterocycles. The molecule has 4 N–H and O–H groups in total. The van der Waals surface area contributed by atoms with Crippen molar-refractivity contribution >= 4 is 11.8 Å². The van der Waals surface area contributed by atoms with Crippen LogP contribution in [0.25, 0.3) is 5.69 Å². The average molecular weight is 412 g/mol. The molecule has 1 aromatic heterocycles. The second kappa shape index (κ2) is 9.38. The summed E-state index contributed by atoms with van der Waals surface area (Å²) in [5.74, 6) is 0.265. The van der Waals surface area contributed by atoms with Crippen molar-refractivity contribution in [3.05, 3.63) is 52.6 Å². The van der Waals surface area contributed by atoms with Crippen molar-refractivity contribution in [1.29, 1.82) is 0 Å². The Morgan fingerprint density at radius 2 is 2.07 bits per heavy atom. The Morgan fingerprint density at radius 1 is 1.23 bits per heavy atom. The molecule has 0 radical (unpaired) electrons. The number of carbonyl (C=O) groups is 1. The highest BCUT2D eigenvalue weighted by Gasteiger charge is 2.19. The third-order valence-corrected chi connectivity index (χ3v) is 5.66. The number of urea groups is 1. The van der Waals surface area contributed by atoms with E-state index in [0.717, 1.165) is 56.8 Å². The highest BCUT2D eigenvalue weighted by Crippen LogP contribution is 2.13. The van der Waals surface area contributed by atoms with Crippen molar-refractivity contribution < 1.29 is 4.79 Å². The molecule has 2 saturated heterocycles. The van der Waals surface area contributed by atoms with Crippen LogP contribution in [0.1, 0.15) is 12.0 Å². The van der Waals surface area contributed by atoms with Gasteiger partial charge in [0, 0.05) is 51.5 Å². The van der Waals surface area contributed by atoms with Gasteiger partial charge in [-0.1, -0.05) is 12.1 Å². The summed E-state index contributed by atoms with van der Waals surface area (Å²) in [6, 6.07) is 9.62. The Balaban J connectivity index is 1.41. The predicted molar refractivity (Wildman–Crippen MR) is 116 cm³/mol. The smallest absolute Gasteiger partial charge is 0.326 e. The summed E-state index contributed by atoms with van der Waals surface area (Å²) >= 11 is 0. The fourth-order valence-corrected chi connectivity index (χ4v) is 3.94. The van der Waals surface area contributed by atoms with Gasteiger partial charge in [-0.3, -0.25) is 9.88 Å². The summed E-state index contributed by atoms with van der Waals surface area (Å²) in [5, 5.41) is 5.92. The molecule has 0 saturated carbocycles. The van der Waals surface area contributed by atoms with Crippen LogP contribution >= 0.6 is 0 Å². The van der Waals surface area contributed by atoms with Crippen molar-refractivity contribution in [2.45, 2.75) is 18.9 Å². The molecule has 2 amide bonds. The Kier molecular flexibility index (Phi) is 6.41. The molecule has 9 heteroatoms. The maximum atomic E-state index is 12.6. The topological polar surface area (TPSA) is 109 Å². The van der Waals surface area contributed by atoms with E-state index in [-0.39, 0.29) is 17.9 Å². The summed E-state index contributed by atoms with van der Waals surface area (Å²) in [4.78, 5) is 33.0. The maximum absolute atomic E-state index is 12.6. The number of carbonyl (C=O) groups excluding carboxylic acids is 1. The molecule has 2 fully saturated rings. The zero-order valence-electron chi connectivity index (χ0n) is 17.1. The van der Waals surface area contributed by atoms with Crippen molar-refractivity contribution in [3.63, 3.8) is 0 Å². The summed E-state index contributed by atoms with van der Waals surface area (Å²) in [6.07, 6.45) is 3.61. The number of hydrogen-bond donors (Lipinski definition) is 3. The number of nitrogens with two attached hydrogens (primary N) is 1. The van der Waals surface area contributed by atoms with E-state index in [2.05, 4.69) is 26.6 Å². The first kappa shape index (κ1) is 20.5. The van der Waals surface area contributed by atoms with Crippen LogP contribution in [0.5, 0.6) is 0 Å². The van der Waals surface area contributed by atoms with Crippen LogP contribution in [0.3, 0.4) is 0 Å². The van der Waals surface area contributed by atoms with Gasteiger partial charge in [0.2, 0.25) is 0 Å². The van der Waals surface area contributed by atoms with Crippen LogP contribution in [0.2, 0.25) is 0 Å². The molecule has 1 atom stereocenters. The molecule has 9 nitrogen and oxygen atoms in total. The van der Waals surface area contributed by atoms with Crippen LogP contribution < -0.4 is 22.1 Å². The number of hydrogen-bond acceptors (Lipinski definition) is 6. The SMILES string of the molecule is NC1CCN(CCc2cccc(-n3ccc(NC(=O)N4CCNCC4)nc3=O)c2)C1. The first-order valence-corrected chi connectivity index (χ1v) is 10.5. The lowest BCUT2D eigenvalue weighted by Gasteiger charge is -2.27. The van der Waals surface area contributed by atoms with Crippen LogP contribution in [0.4, 0.5) is 10.6 Å². The summed E-state index contributed by atoms with van der Waals surface area (Å²) in [6.45, 7) is 5.77. The van der Waals surface area contributed by atoms with E-state index >= 15 is 0 Å². The van der Waals surface area contributed by atoms with Gasteiger partial charge in [-0.2, -0.15) is 4.98 Å². The van der Waals surface area contributed by atoms with Gasteiger partial charge in [-0.25, -0.2) is 9.59 Å². The summed E-state index contributed by atoms with van der Waals surface area (Å²) in [5.41, 5.74) is 7.49. The Morgan fingerprint density at radius 3 is 2.80 bits per heavy atom. The third-order valence-electron chi connectivity index (χ3n) is 5.66. The zero-order chi connectivity index (χ0) is 20.9. The first-order valence-electron chi connectivity index (χ1n) is 10.5. The number of aromatic nitrogens is 2. The first-order chi connectivity index (χ1) is 14.6. The van der Waals surface area contributed by atoms with E-state index < -0.39 is 5.69 Å². The molecule has 0 bridgehead atoms. The molecule has 2 aliphatic heterocycles. The Labute approximate surface area is 175 Å². The molecule has 1 aromatic carbocycles. The monoisotopic (exact) mass is 411 g/mol. The van der Waals surface area contributed by atoms with Gasteiger partial charge in [0.25, 0.3) is 0 Å². The van der Waals surface area contributed by atoms with E-state index in [1.807, 2.05) is 18.2 Å². The minimum Gasteiger partial charge on any atom is -0.326 e. The number of amides is 2. The minimum atomic E-state index is -0.421. The molecular weight excluding hydrogens is 382 g/mol. The van der Waals surface area contributed by atoms with E-state index in [9.17, 15) is 9.59 Å². The average Bonchev–Trinajstić information content (AvgIpc) is 3.18. The number of nitrogens with zero attached hydrogens (tertiary/aromatic N) is 4. The lowest BCUT2D eigenvalue weighted by Crippen LogP contribution is -2.48. The largest absolute Gasteiger partial charge is 0.354 e. The van der Waals surface area contributed by atoms with Crippen LogP contribution in [-0.2, 0) is 6.42 Å². The lowest BCUT2D eigenvalue weighted by atomic mass is 10.1. The van der Waals surface area contributed by atoms with Crippen LogP contribution in [-0.4, -0.2) is 77.2 Å². The molecule has 4 rings (SSSR count). The van der Waals surface area contributed by atoms with Gasteiger partial charge in [-0.05, 0) is 43.1 Å². The number of likely N-dealkylation sites (tertiary alicyclic amines) is 1. The van der Waals surface area contributed by atoms with E-state index in [1.165, 1.54) is 4.57 Å². The van der Waals surface area contributed by atoms with Gasteiger partial charge in [0.15, 0.2) is 0 Å². The molecule has 1 unspecified atom stereocenters. The zero-order valence-corrected chi connectivity index (χ0v) is 17.1. The van der Waals surface area contributed by atoms with E-state index in [0.29, 0.717) is 13.1 Å². The number of nitrogens with one attached hydrogen (secondary N) is 2. The highest BCUT2D eigenvalue weighted by molar-refractivity contribution is 5.88. The predicted octanol–water partition coefficient (Wildman–Crippen LogP) is 0.245. The van der Waals surface area contributed by atoms with Crippen molar-refractivity contribution in [2.75, 3.05) is 51.1 Å². The molecule has 2 aliphatic rings. The number of benzene rings is 1. The molecule has 0 aliphatic carbocycles. The second-order valence-corrected chi connectivity index (χ2v) is 7.90. The van der Waals surface area contributed by atoms with Gasteiger partial charge < -0.3 is 20.9 Å². The van der Waals surface area contributed by atoms with Crippen LogP contribution in [0, 0.1) is 0 Å². The molecule has 30 heavy (non-hydrogen) atoms. The van der Waals surface area contributed by atoms with Gasteiger partial charge in [0.1, 0.15) is 5.82 Å². The molecule has 160 valence electrons. The van der Waals surface area contributed by atoms with Gasteiger partial charge in [-0.15, -0.1) is 0 Å². The minimum absolute atomic E-state index is 0.232. The Hall–Kier alpha value is -2.75. The van der Waals surface area contributed by atoms with Crippen molar-refractivity contribution in [1.82, 2.24) is 24.7 Å². The number of piperazine rings is 1. The maximum Gasteiger partial charge on any atom is 0.354 e. The van der Waals surface area contributed by atoms with E-state index in [1.54, 1.807) is 17.2 Å². The molecule has 2 aromatic rings. The lowest BCUT2D eigenvalue weighted by molar-refractivity contribution is 0.204.